The Labute approximate surface area is 178 Å². The molecule has 7 nitrogen and oxygen atoms in total. The van der Waals surface area contributed by atoms with Crippen LogP contribution in [0.5, 0.6) is 0 Å². The largest absolute Gasteiger partial charge is 0.378 e. The highest BCUT2D eigenvalue weighted by molar-refractivity contribution is 6.44. The van der Waals surface area contributed by atoms with Crippen molar-refractivity contribution in [1.82, 2.24) is 14.8 Å². The number of benzene rings is 2. The van der Waals surface area contributed by atoms with Gasteiger partial charge in [0, 0.05) is 36.7 Å². The second kappa shape index (κ2) is 9.09. The summed E-state index contributed by atoms with van der Waals surface area (Å²) in [5, 5.41) is 3.41. The number of nitrogens with zero attached hydrogens (tertiary/aromatic N) is 2. The van der Waals surface area contributed by atoms with Crippen molar-refractivity contribution in [3.8, 4) is 0 Å². The molecule has 2 heterocycles. The number of morpholine rings is 1. The van der Waals surface area contributed by atoms with E-state index in [1.54, 1.807) is 41.1 Å². The fraction of sp³-hybridized carbons (Fsp3) is 0.261. The number of ketones is 1. The number of rotatable bonds is 6. The van der Waals surface area contributed by atoms with Crippen LogP contribution in [0.2, 0.25) is 0 Å². The molecule has 4 rings (SSSR count). The Hall–Kier alpha value is -3.52. The molecule has 2 amide bonds. The minimum absolute atomic E-state index is 0.0132. The third-order valence-corrected chi connectivity index (χ3v) is 5.24. The van der Waals surface area contributed by atoms with E-state index < -0.39 is 11.7 Å². The number of nitrogens with one attached hydrogen (secondary N) is 1. The molecule has 0 aliphatic carbocycles. The molecule has 3 aromatic rings. The summed E-state index contributed by atoms with van der Waals surface area (Å²) in [6.07, 6.45) is 1.56. The Balaban J connectivity index is 1.50. The fourth-order valence-electron chi connectivity index (χ4n) is 3.60. The second-order valence-electron chi connectivity index (χ2n) is 7.32. The Morgan fingerprint density at radius 3 is 2.45 bits per heavy atom. The minimum atomic E-state index is -0.594. The number of Topliss-reactive ketones (excluding diaryl/α,β-unsaturated/α-hetero) is 1. The summed E-state index contributed by atoms with van der Waals surface area (Å²) in [5.41, 5.74) is 1.75. The van der Waals surface area contributed by atoms with Gasteiger partial charge in [-0.3, -0.25) is 14.4 Å². The number of aromatic nitrogens is 1. The second-order valence-corrected chi connectivity index (χ2v) is 7.32. The average Bonchev–Trinajstić information content (AvgIpc) is 3.16. The van der Waals surface area contributed by atoms with Crippen LogP contribution in [-0.2, 0) is 27.4 Å². The molecule has 1 aromatic heterocycles. The molecule has 1 aliphatic rings. The zero-order valence-corrected chi connectivity index (χ0v) is 16.8. The third kappa shape index (κ3) is 4.64. The lowest BCUT2D eigenvalue weighted by Gasteiger charge is -2.25. The van der Waals surface area contributed by atoms with E-state index in [4.69, 9.17) is 4.74 Å². The first-order valence-electron chi connectivity index (χ1n) is 10.0. The molecule has 0 bridgehead atoms. The van der Waals surface area contributed by atoms with Crippen LogP contribution in [0, 0.1) is 5.82 Å². The molecule has 160 valence electrons. The number of ether oxygens (including phenoxy) is 1. The SMILES string of the molecule is O=C(Cn1cc(C(=O)C(=O)N2CCOCC2)c2ccccc21)NCc1ccc(F)cc1. The molecular formula is C23H22FN3O4. The third-order valence-electron chi connectivity index (χ3n) is 5.24. The van der Waals surface area contributed by atoms with Gasteiger partial charge in [0.25, 0.3) is 11.7 Å². The maximum atomic E-state index is 13.0. The first-order chi connectivity index (χ1) is 15.0. The van der Waals surface area contributed by atoms with Gasteiger partial charge in [-0.05, 0) is 23.8 Å². The van der Waals surface area contributed by atoms with Gasteiger partial charge in [0.15, 0.2) is 0 Å². The lowest BCUT2D eigenvalue weighted by Crippen LogP contribution is -2.44. The lowest BCUT2D eigenvalue weighted by atomic mass is 10.1. The van der Waals surface area contributed by atoms with Gasteiger partial charge in [-0.2, -0.15) is 0 Å². The van der Waals surface area contributed by atoms with Gasteiger partial charge < -0.3 is 19.5 Å². The number of hydrogen-bond donors (Lipinski definition) is 1. The van der Waals surface area contributed by atoms with E-state index >= 15 is 0 Å². The van der Waals surface area contributed by atoms with Crippen LogP contribution in [0.4, 0.5) is 4.39 Å². The smallest absolute Gasteiger partial charge is 0.295 e. The number of carbonyl (C=O) groups excluding carboxylic acids is 3. The molecule has 8 heteroatoms. The van der Waals surface area contributed by atoms with E-state index in [2.05, 4.69) is 5.32 Å². The summed E-state index contributed by atoms with van der Waals surface area (Å²) in [4.78, 5) is 39.6. The maximum Gasteiger partial charge on any atom is 0.295 e. The normalized spacial score (nSPS) is 13.9. The van der Waals surface area contributed by atoms with Gasteiger partial charge in [-0.15, -0.1) is 0 Å². The molecule has 0 unspecified atom stereocenters. The van der Waals surface area contributed by atoms with E-state index in [9.17, 15) is 18.8 Å². The summed E-state index contributed by atoms with van der Waals surface area (Å²) in [7, 11) is 0. The quantitative estimate of drug-likeness (QED) is 0.487. The van der Waals surface area contributed by atoms with Crippen molar-refractivity contribution < 1.29 is 23.5 Å². The molecule has 1 aliphatic heterocycles. The summed E-state index contributed by atoms with van der Waals surface area (Å²) < 4.78 is 19.9. The van der Waals surface area contributed by atoms with Gasteiger partial charge >= 0.3 is 0 Å². The van der Waals surface area contributed by atoms with Crippen molar-refractivity contribution in [2.75, 3.05) is 26.3 Å². The molecule has 1 N–H and O–H groups in total. The Kier molecular flexibility index (Phi) is 6.08. The molecule has 2 aromatic carbocycles. The molecule has 31 heavy (non-hydrogen) atoms. The van der Waals surface area contributed by atoms with Crippen LogP contribution in [0.15, 0.2) is 54.7 Å². The highest BCUT2D eigenvalue weighted by Crippen LogP contribution is 2.22. The zero-order chi connectivity index (χ0) is 21.8. The highest BCUT2D eigenvalue weighted by atomic mass is 19.1. The number of carbonyl (C=O) groups is 3. The van der Waals surface area contributed by atoms with Crippen molar-refractivity contribution in [2.24, 2.45) is 0 Å². The van der Waals surface area contributed by atoms with Gasteiger partial charge in [0.1, 0.15) is 12.4 Å². The average molecular weight is 423 g/mol. The molecule has 1 fully saturated rings. The summed E-state index contributed by atoms with van der Waals surface area (Å²) >= 11 is 0. The van der Waals surface area contributed by atoms with Crippen LogP contribution in [0.25, 0.3) is 10.9 Å². The summed E-state index contributed by atoms with van der Waals surface area (Å²) in [6, 6.07) is 13.1. The standard InChI is InChI=1S/C23H22FN3O4/c24-17-7-5-16(6-8-17)13-25-21(28)15-27-14-19(18-3-1-2-4-20(18)27)22(29)23(30)26-9-11-31-12-10-26/h1-8,14H,9-13,15H2,(H,25,28). The molecule has 0 radical (unpaired) electrons. The van der Waals surface area contributed by atoms with E-state index in [1.807, 2.05) is 6.07 Å². The zero-order valence-electron chi connectivity index (χ0n) is 16.8. The lowest BCUT2D eigenvalue weighted by molar-refractivity contribution is -0.130. The minimum Gasteiger partial charge on any atom is -0.378 e. The first-order valence-corrected chi connectivity index (χ1v) is 10.0. The number of para-hydroxylation sites is 1. The Morgan fingerprint density at radius 1 is 1.00 bits per heavy atom. The van der Waals surface area contributed by atoms with Crippen molar-refractivity contribution in [3.05, 3.63) is 71.7 Å². The fourth-order valence-corrected chi connectivity index (χ4v) is 3.60. The monoisotopic (exact) mass is 423 g/mol. The Bertz CT molecular complexity index is 1120. The van der Waals surface area contributed by atoms with Gasteiger partial charge in [-0.1, -0.05) is 30.3 Å². The van der Waals surface area contributed by atoms with Crippen molar-refractivity contribution >= 4 is 28.5 Å². The maximum absolute atomic E-state index is 13.0. The number of hydrogen-bond acceptors (Lipinski definition) is 4. The molecular weight excluding hydrogens is 401 g/mol. The van der Waals surface area contributed by atoms with E-state index in [0.717, 1.165) is 5.56 Å². The number of halogens is 1. The van der Waals surface area contributed by atoms with Crippen LogP contribution < -0.4 is 5.32 Å². The van der Waals surface area contributed by atoms with Crippen LogP contribution >= 0.6 is 0 Å². The van der Waals surface area contributed by atoms with Crippen LogP contribution in [0.3, 0.4) is 0 Å². The first kappa shape index (κ1) is 20.7. The van der Waals surface area contributed by atoms with Gasteiger partial charge in [0.05, 0.1) is 18.8 Å². The molecule has 0 spiro atoms. The molecule has 0 atom stereocenters. The number of fused-ring (bicyclic) bond motifs is 1. The topological polar surface area (TPSA) is 80.6 Å². The van der Waals surface area contributed by atoms with E-state index in [1.165, 1.54) is 17.0 Å². The Morgan fingerprint density at radius 2 is 1.71 bits per heavy atom. The van der Waals surface area contributed by atoms with E-state index in [0.29, 0.717) is 37.2 Å². The predicted molar refractivity (Wildman–Crippen MR) is 112 cm³/mol. The van der Waals surface area contributed by atoms with Crippen molar-refractivity contribution in [2.45, 2.75) is 13.1 Å². The molecule has 0 saturated carbocycles. The van der Waals surface area contributed by atoms with Crippen LogP contribution in [-0.4, -0.2) is 53.4 Å². The van der Waals surface area contributed by atoms with Crippen molar-refractivity contribution in [1.29, 1.82) is 0 Å². The highest BCUT2D eigenvalue weighted by Gasteiger charge is 2.27. The summed E-state index contributed by atoms with van der Waals surface area (Å²) in [5.74, 6) is -1.75. The predicted octanol–water partition coefficient (Wildman–Crippen LogP) is 2.14. The molecule has 1 saturated heterocycles. The van der Waals surface area contributed by atoms with E-state index in [-0.39, 0.29) is 30.4 Å². The number of amides is 2. The summed E-state index contributed by atoms with van der Waals surface area (Å²) in [6.45, 7) is 1.84. The van der Waals surface area contributed by atoms with Gasteiger partial charge in [0.2, 0.25) is 5.91 Å². The van der Waals surface area contributed by atoms with Crippen LogP contribution in [0.1, 0.15) is 15.9 Å². The van der Waals surface area contributed by atoms with Gasteiger partial charge in [-0.25, -0.2) is 4.39 Å². The van der Waals surface area contributed by atoms with Crippen molar-refractivity contribution in [3.63, 3.8) is 0 Å².